The monoisotopic (exact) mass is 443 g/mol. The number of anilines is 1. The number of aromatic nitrogens is 1. The number of carbonyl (C=O) groups is 1. The number of hydrogen-bond donors (Lipinski definition) is 1. The van der Waals surface area contributed by atoms with Crippen molar-refractivity contribution in [2.45, 2.75) is 64.4 Å². The van der Waals surface area contributed by atoms with Crippen LogP contribution in [0.2, 0.25) is 18.1 Å². The zero-order valence-corrected chi connectivity index (χ0v) is 20.5. The van der Waals surface area contributed by atoms with Gasteiger partial charge in [-0.3, -0.25) is 5.32 Å². The van der Waals surface area contributed by atoms with Crippen LogP contribution in [-0.2, 0) is 22.2 Å². The standard InChI is InChI=1S/C24H34N2O4Si/c1-24(2,3)31(5,6)30-17-20-13-12-19-14-15-21(22(28-4)26(19)20)25-23(27)29-16-18-10-8-7-9-11-18/h7-11,14-15,20H,12-13,16-17H2,1-6H3/p+1/t20-/m0/s1. The van der Waals surface area contributed by atoms with Gasteiger partial charge in [-0.05, 0) is 29.8 Å². The van der Waals surface area contributed by atoms with E-state index < -0.39 is 14.4 Å². The second kappa shape index (κ2) is 9.40. The molecule has 1 aliphatic heterocycles. The lowest BCUT2D eigenvalue weighted by Gasteiger charge is -2.36. The number of benzene rings is 1. The number of methoxy groups -OCH3 is 1. The Morgan fingerprint density at radius 2 is 1.87 bits per heavy atom. The van der Waals surface area contributed by atoms with Crippen LogP contribution in [0.15, 0.2) is 42.5 Å². The van der Waals surface area contributed by atoms with Gasteiger partial charge < -0.3 is 13.9 Å². The van der Waals surface area contributed by atoms with Gasteiger partial charge in [0.05, 0.1) is 13.7 Å². The molecule has 168 valence electrons. The minimum absolute atomic E-state index is 0.162. The number of hydrogen-bond acceptors (Lipinski definition) is 4. The summed E-state index contributed by atoms with van der Waals surface area (Å²) in [5, 5.41) is 3.00. The Bertz CT molecular complexity index is 910. The van der Waals surface area contributed by atoms with E-state index in [1.807, 2.05) is 42.5 Å². The highest BCUT2D eigenvalue weighted by Gasteiger charge is 2.41. The number of aryl methyl sites for hydroxylation is 1. The van der Waals surface area contributed by atoms with Crippen LogP contribution < -0.4 is 14.6 Å². The Hall–Kier alpha value is -2.38. The Labute approximate surface area is 186 Å². The van der Waals surface area contributed by atoms with Crippen LogP contribution in [0.1, 0.15) is 44.5 Å². The van der Waals surface area contributed by atoms with E-state index in [1.165, 1.54) is 5.69 Å². The van der Waals surface area contributed by atoms with Gasteiger partial charge in [-0.2, -0.15) is 4.57 Å². The molecule has 3 rings (SSSR count). The van der Waals surface area contributed by atoms with Gasteiger partial charge >= 0.3 is 12.0 Å². The van der Waals surface area contributed by atoms with Crippen LogP contribution in [0.25, 0.3) is 0 Å². The number of nitrogens with one attached hydrogen (secondary N) is 1. The summed E-state index contributed by atoms with van der Waals surface area (Å²) in [7, 11) is -0.216. The van der Waals surface area contributed by atoms with Crippen molar-refractivity contribution < 1.29 is 23.3 Å². The van der Waals surface area contributed by atoms with E-state index in [0.29, 0.717) is 18.2 Å². The van der Waals surface area contributed by atoms with Gasteiger partial charge in [-0.25, -0.2) is 4.79 Å². The molecule has 0 aliphatic carbocycles. The average Bonchev–Trinajstić information content (AvgIpc) is 3.14. The van der Waals surface area contributed by atoms with Crippen molar-refractivity contribution in [3.05, 3.63) is 53.7 Å². The molecule has 0 radical (unpaired) electrons. The van der Waals surface area contributed by atoms with Crippen LogP contribution in [0, 0.1) is 0 Å². The van der Waals surface area contributed by atoms with E-state index in [4.69, 9.17) is 13.9 Å². The maximum Gasteiger partial charge on any atom is 0.412 e. The fraction of sp³-hybridized carbons (Fsp3) is 0.500. The minimum atomic E-state index is -1.85. The Balaban J connectivity index is 1.71. The summed E-state index contributed by atoms with van der Waals surface area (Å²) in [6.07, 6.45) is 1.45. The third-order valence-corrected chi connectivity index (χ3v) is 10.9. The lowest BCUT2D eigenvalue weighted by atomic mass is 10.2. The Morgan fingerprint density at radius 3 is 2.52 bits per heavy atom. The number of ether oxygens (including phenoxy) is 2. The summed E-state index contributed by atoms with van der Waals surface area (Å²) in [5.74, 6) is 0.635. The number of nitrogens with zero attached hydrogens (tertiary/aromatic N) is 1. The summed E-state index contributed by atoms with van der Waals surface area (Å²) >= 11 is 0. The number of carbonyl (C=O) groups excluding carboxylic acids is 1. The molecular formula is C24H35N2O4Si+. The highest BCUT2D eigenvalue weighted by molar-refractivity contribution is 6.74. The van der Waals surface area contributed by atoms with E-state index >= 15 is 0 Å². The van der Waals surface area contributed by atoms with Crippen molar-refractivity contribution in [2.24, 2.45) is 0 Å². The second-order valence-corrected chi connectivity index (χ2v) is 14.4. The molecule has 2 aromatic rings. The zero-order chi connectivity index (χ0) is 22.6. The predicted octanol–water partition coefficient (Wildman–Crippen LogP) is 5.24. The molecule has 1 aliphatic rings. The van der Waals surface area contributed by atoms with Crippen molar-refractivity contribution in [3.8, 4) is 5.88 Å². The molecule has 2 heterocycles. The molecule has 31 heavy (non-hydrogen) atoms. The highest BCUT2D eigenvalue weighted by atomic mass is 28.4. The first-order valence-electron chi connectivity index (χ1n) is 10.9. The van der Waals surface area contributed by atoms with Crippen molar-refractivity contribution in [1.29, 1.82) is 0 Å². The van der Waals surface area contributed by atoms with Crippen LogP contribution in [0.5, 0.6) is 5.88 Å². The molecule has 0 fully saturated rings. The van der Waals surface area contributed by atoms with E-state index in [2.05, 4.69) is 43.7 Å². The first-order valence-corrected chi connectivity index (χ1v) is 13.8. The topological polar surface area (TPSA) is 60.7 Å². The molecule has 0 saturated carbocycles. The van der Waals surface area contributed by atoms with Crippen LogP contribution in [0.4, 0.5) is 10.5 Å². The molecule has 0 spiro atoms. The summed E-state index contributed by atoms with van der Waals surface area (Å²) in [6, 6.07) is 13.7. The van der Waals surface area contributed by atoms with Crippen molar-refractivity contribution in [1.82, 2.24) is 0 Å². The molecule has 0 bridgehead atoms. The Kier molecular flexibility index (Phi) is 7.06. The lowest BCUT2D eigenvalue weighted by Crippen LogP contribution is -2.47. The molecule has 1 atom stereocenters. The SMILES string of the molecule is COc1c(NC(=O)OCc2ccccc2)ccc2[n+]1[C@H](CO[Si](C)(C)C(C)(C)C)CC2. The van der Waals surface area contributed by atoms with Crippen LogP contribution in [-0.4, -0.2) is 28.1 Å². The normalized spacial score (nSPS) is 16.0. The third-order valence-electron chi connectivity index (χ3n) is 6.39. The maximum atomic E-state index is 12.4. The largest absolute Gasteiger partial charge is 0.446 e. The second-order valence-electron chi connectivity index (χ2n) is 9.57. The molecule has 7 heteroatoms. The lowest BCUT2D eigenvalue weighted by molar-refractivity contribution is -0.720. The smallest absolute Gasteiger partial charge is 0.412 e. The van der Waals surface area contributed by atoms with E-state index in [-0.39, 0.29) is 17.7 Å². The van der Waals surface area contributed by atoms with Crippen LogP contribution >= 0.6 is 0 Å². The van der Waals surface area contributed by atoms with Gasteiger partial charge in [-0.1, -0.05) is 51.1 Å². The average molecular weight is 444 g/mol. The molecule has 1 N–H and O–H groups in total. The minimum Gasteiger partial charge on any atom is -0.446 e. The maximum absolute atomic E-state index is 12.4. The van der Waals surface area contributed by atoms with Gasteiger partial charge in [0.2, 0.25) is 0 Å². The first kappa shape index (κ1) is 23.3. The van der Waals surface area contributed by atoms with E-state index in [1.54, 1.807) is 7.11 Å². The summed E-state index contributed by atoms with van der Waals surface area (Å²) in [5.41, 5.74) is 2.73. The Morgan fingerprint density at radius 1 is 1.16 bits per heavy atom. The van der Waals surface area contributed by atoms with Gasteiger partial charge in [0.25, 0.3) is 0 Å². The van der Waals surface area contributed by atoms with Crippen molar-refractivity contribution in [3.63, 3.8) is 0 Å². The molecule has 1 aromatic heterocycles. The quantitative estimate of drug-likeness (QED) is 0.470. The van der Waals surface area contributed by atoms with Gasteiger partial charge in [0.1, 0.15) is 6.61 Å². The van der Waals surface area contributed by atoms with E-state index in [9.17, 15) is 4.79 Å². The molecule has 1 aromatic carbocycles. The van der Waals surface area contributed by atoms with Gasteiger partial charge in [0, 0.05) is 18.9 Å². The summed E-state index contributed by atoms with van der Waals surface area (Å²) in [4.78, 5) is 12.4. The predicted molar refractivity (Wildman–Crippen MR) is 124 cm³/mol. The van der Waals surface area contributed by atoms with E-state index in [0.717, 1.165) is 18.4 Å². The number of amides is 1. The molecule has 1 amide bonds. The number of fused-ring (bicyclic) bond motifs is 1. The summed E-state index contributed by atoms with van der Waals surface area (Å²) < 4.78 is 19.8. The summed E-state index contributed by atoms with van der Waals surface area (Å²) in [6.45, 7) is 12.1. The van der Waals surface area contributed by atoms with Crippen LogP contribution in [0.3, 0.4) is 0 Å². The molecular weight excluding hydrogens is 408 g/mol. The van der Waals surface area contributed by atoms with Gasteiger partial charge in [0.15, 0.2) is 25.7 Å². The first-order chi connectivity index (χ1) is 14.6. The van der Waals surface area contributed by atoms with Crippen molar-refractivity contribution >= 4 is 20.1 Å². The van der Waals surface area contributed by atoms with Crippen molar-refractivity contribution in [2.75, 3.05) is 19.0 Å². The fourth-order valence-electron chi connectivity index (χ4n) is 3.49. The molecule has 0 saturated heterocycles. The highest BCUT2D eigenvalue weighted by Crippen LogP contribution is 2.37. The number of rotatable bonds is 7. The number of pyridine rings is 1. The van der Waals surface area contributed by atoms with Gasteiger partial charge in [-0.15, -0.1) is 0 Å². The fourth-order valence-corrected chi connectivity index (χ4v) is 4.53. The third kappa shape index (κ3) is 5.46. The zero-order valence-electron chi connectivity index (χ0n) is 19.5. The molecule has 0 unspecified atom stereocenters. The molecule has 6 nitrogen and oxygen atoms in total.